The zero-order chi connectivity index (χ0) is 12.4. The van der Waals surface area contributed by atoms with Crippen LogP contribution in [-0.2, 0) is 0 Å². The molecular formula is C14H23N3. The number of anilines is 1. The molecule has 3 nitrogen and oxygen atoms in total. The number of likely N-dealkylation sites (tertiary alicyclic amines) is 1. The van der Waals surface area contributed by atoms with Crippen LogP contribution >= 0.6 is 0 Å². The van der Waals surface area contributed by atoms with Gasteiger partial charge in [-0.25, -0.2) is 4.98 Å². The first kappa shape index (κ1) is 12.4. The lowest BCUT2D eigenvalue weighted by atomic mass is 9.94. The molecule has 0 saturated carbocycles. The van der Waals surface area contributed by atoms with Gasteiger partial charge in [0.1, 0.15) is 5.82 Å². The number of aromatic nitrogens is 1. The number of hydrogen-bond donors (Lipinski definition) is 1. The first-order chi connectivity index (χ1) is 8.09. The maximum absolute atomic E-state index is 5.79. The maximum Gasteiger partial charge on any atom is 0.126 e. The van der Waals surface area contributed by atoms with Crippen molar-refractivity contribution in [3.63, 3.8) is 0 Å². The number of nitrogen functional groups attached to an aromatic ring is 1. The Morgan fingerprint density at radius 2 is 2.18 bits per heavy atom. The van der Waals surface area contributed by atoms with Gasteiger partial charge in [-0.1, -0.05) is 6.42 Å². The molecule has 2 N–H and O–H groups in total. The van der Waals surface area contributed by atoms with Crippen molar-refractivity contribution in [1.29, 1.82) is 0 Å². The Bertz CT molecular complexity index is 387. The Morgan fingerprint density at radius 3 is 2.82 bits per heavy atom. The number of aryl methyl sites for hydroxylation is 1. The van der Waals surface area contributed by atoms with Crippen LogP contribution in [0.15, 0.2) is 12.3 Å². The predicted octanol–water partition coefficient (Wildman–Crippen LogP) is 2.91. The van der Waals surface area contributed by atoms with Crippen LogP contribution in [0.3, 0.4) is 0 Å². The molecule has 0 spiro atoms. The Balaban J connectivity index is 2.26. The second kappa shape index (κ2) is 5.05. The number of piperidine rings is 1. The van der Waals surface area contributed by atoms with Crippen LogP contribution in [0.2, 0.25) is 0 Å². The molecule has 1 aliphatic rings. The molecule has 1 aromatic rings. The molecule has 2 heterocycles. The molecule has 0 bridgehead atoms. The van der Waals surface area contributed by atoms with Crippen LogP contribution in [0.5, 0.6) is 0 Å². The van der Waals surface area contributed by atoms with E-state index in [0.29, 0.717) is 17.9 Å². The van der Waals surface area contributed by atoms with Crippen molar-refractivity contribution in [2.24, 2.45) is 0 Å². The van der Waals surface area contributed by atoms with Gasteiger partial charge in [0.25, 0.3) is 0 Å². The summed E-state index contributed by atoms with van der Waals surface area (Å²) in [6.07, 6.45) is 5.82. The minimum absolute atomic E-state index is 0.524. The summed E-state index contributed by atoms with van der Waals surface area (Å²) in [7, 11) is 0. The van der Waals surface area contributed by atoms with E-state index in [4.69, 9.17) is 5.73 Å². The first-order valence-electron chi connectivity index (χ1n) is 6.57. The Kier molecular flexibility index (Phi) is 3.67. The van der Waals surface area contributed by atoms with E-state index < -0.39 is 0 Å². The highest BCUT2D eigenvalue weighted by atomic mass is 15.2. The highest BCUT2D eigenvalue weighted by Gasteiger charge is 2.26. The van der Waals surface area contributed by atoms with Crippen molar-refractivity contribution >= 4 is 5.82 Å². The average Bonchev–Trinajstić information content (AvgIpc) is 2.32. The molecule has 1 fully saturated rings. The van der Waals surface area contributed by atoms with Crippen molar-refractivity contribution in [3.05, 3.63) is 23.4 Å². The Labute approximate surface area is 104 Å². The number of rotatable bonds is 2. The van der Waals surface area contributed by atoms with Crippen molar-refractivity contribution in [3.8, 4) is 0 Å². The van der Waals surface area contributed by atoms with E-state index in [-0.39, 0.29) is 0 Å². The molecule has 3 heteroatoms. The van der Waals surface area contributed by atoms with Crippen LogP contribution in [0.25, 0.3) is 0 Å². The minimum Gasteiger partial charge on any atom is -0.383 e. The fourth-order valence-corrected chi connectivity index (χ4v) is 2.72. The molecule has 2 rings (SSSR count). The van der Waals surface area contributed by atoms with Crippen LogP contribution in [-0.4, -0.2) is 22.5 Å². The molecule has 1 saturated heterocycles. The smallest absolute Gasteiger partial charge is 0.126 e. The van der Waals surface area contributed by atoms with Gasteiger partial charge >= 0.3 is 0 Å². The lowest BCUT2D eigenvalue weighted by Gasteiger charge is -2.38. The van der Waals surface area contributed by atoms with Crippen molar-refractivity contribution in [1.82, 2.24) is 9.88 Å². The third-order valence-corrected chi connectivity index (χ3v) is 3.73. The maximum atomic E-state index is 5.79. The standard InChI is InChI=1S/C14H23N3/c1-10(2)17-7-5-4-6-13(17)12-8-11(3)14(15)16-9-12/h8-10,13H,4-7H2,1-3H3,(H2,15,16). The van der Waals surface area contributed by atoms with Gasteiger partial charge in [-0.2, -0.15) is 0 Å². The van der Waals surface area contributed by atoms with Crippen LogP contribution in [0.1, 0.15) is 50.3 Å². The Morgan fingerprint density at radius 1 is 1.41 bits per heavy atom. The summed E-state index contributed by atoms with van der Waals surface area (Å²) in [5.41, 5.74) is 8.21. The summed E-state index contributed by atoms with van der Waals surface area (Å²) >= 11 is 0. The summed E-state index contributed by atoms with van der Waals surface area (Å²) in [6.45, 7) is 7.78. The van der Waals surface area contributed by atoms with Gasteiger partial charge in [0.2, 0.25) is 0 Å². The molecular weight excluding hydrogens is 210 g/mol. The normalized spacial score (nSPS) is 22.0. The molecule has 0 aliphatic carbocycles. The molecule has 0 amide bonds. The van der Waals surface area contributed by atoms with Crippen molar-refractivity contribution < 1.29 is 0 Å². The number of nitrogens with two attached hydrogens (primary N) is 1. The summed E-state index contributed by atoms with van der Waals surface area (Å²) in [5.74, 6) is 0.653. The molecule has 94 valence electrons. The molecule has 0 aromatic carbocycles. The van der Waals surface area contributed by atoms with Gasteiger partial charge in [-0.15, -0.1) is 0 Å². The van der Waals surface area contributed by atoms with E-state index >= 15 is 0 Å². The van der Waals surface area contributed by atoms with Gasteiger partial charge < -0.3 is 5.73 Å². The van der Waals surface area contributed by atoms with E-state index in [9.17, 15) is 0 Å². The van der Waals surface area contributed by atoms with E-state index in [1.165, 1.54) is 31.4 Å². The summed E-state index contributed by atoms with van der Waals surface area (Å²) in [5, 5.41) is 0. The minimum atomic E-state index is 0.524. The van der Waals surface area contributed by atoms with E-state index in [2.05, 4.69) is 29.8 Å². The molecule has 1 unspecified atom stereocenters. The van der Waals surface area contributed by atoms with Gasteiger partial charge in [0, 0.05) is 18.3 Å². The molecule has 1 aliphatic heterocycles. The second-order valence-corrected chi connectivity index (χ2v) is 5.31. The van der Waals surface area contributed by atoms with Crippen molar-refractivity contribution in [2.75, 3.05) is 12.3 Å². The third kappa shape index (κ3) is 2.60. The zero-order valence-electron chi connectivity index (χ0n) is 11.1. The summed E-state index contributed by atoms with van der Waals surface area (Å²) in [6, 6.07) is 3.32. The van der Waals surface area contributed by atoms with Crippen molar-refractivity contribution in [2.45, 2.75) is 52.1 Å². The van der Waals surface area contributed by atoms with E-state index in [1.54, 1.807) is 0 Å². The number of hydrogen-bond acceptors (Lipinski definition) is 3. The van der Waals surface area contributed by atoms with Gasteiger partial charge in [-0.3, -0.25) is 4.90 Å². The molecule has 0 radical (unpaired) electrons. The number of nitrogens with zero attached hydrogens (tertiary/aromatic N) is 2. The van der Waals surface area contributed by atoms with E-state index in [1.807, 2.05) is 13.1 Å². The average molecular weight is 233 g/mol. The third-order valence-electron chi connectivity index (χ3n) is 3.73. The monoisotopic (exact) mass is 233 g/mol. The van der Waals surface area contributed by atoms with Gasteiger partial charge in [-0.05, 0) is 57.4 Å². The highest BCUT2D eigenvalue weighted by Crippen LogP contribution is 2.32. The second-order valence-electron chi connectivity index (χ2n) is 5.31. The summed E-state index contributed by atoms with van der Waals surface area (Å²) in [4.78, 5) is 6.88. The fraction of sp³-hybridized carbons (Fsp3) is 0.643. The SMILES string of the molecule is Cc1cc(C2CCCCN2C(C)C)cnc1N. The topological polar surface area (TPSA) is 42.2 Å². The first-order valence-corrected chi connectivity index (χ1v) is 6.57. The fourth-order valence-electron chi connectivity index (χ4n) is 2.72. The molecule has 1 aromatic heterocycles. The van der Waals surface area contributed by atoms with E-state index in [0.717, 1.165) is 5.56 Å². The number of pyridine rings is 1. The van der Waals surface area contributed by atoms with Gasteiger partial charge in [0.15, 0.2) is 0 Å². The van der Waals surface area contributed by atoms with Crippen LogP contribution in [0.4, 0.5) is 5.82 Å². The highest BCUT2D eigenvalue weighted by molar-refractivity contribution is 5.40. The Hall–Kier alpha value is -1.09. The van der Waals surface area contributed by atoms with Crippen LogP contribution in [0, 0.1) is 6.92 Å². The summed E-state index contributed by atoms with van der Waals surface area (Å²) < 4.78 is 0. The van der Waals surface area contributed by atoms with Gasteiger partial charge in [0.05, 0.1) is 0 Å². The lowest BCUT2D eigenvalue weighted by molar-refractivity contribution is 0.112. The molecule has 1 atom stereocenters. The predicted molar refractivity (Wildman–Crippen MR) is 71.8 cm³/mol. The lowest BCUT2D eigenvalue weighted by Crippen LogP contribution is -2.38. The zero-order valence-corrected chi connectivity index (χ0v) is 11.1. The largest absolute Gasteiger partial charge is 0.383 e. The van der Waals surface area contributed by atoms with Crippen LogP contribution < -0.4 is 5.73 Å². The quantitative estimate of drug-likeness (QED) is 0.854. The molecule has 17 heavy (non-hydrogen) atoms.